The van der Waals surface area contributed by atoms with Crippen LogP contribution in [0.2, 0.25) is 15.1 Å². The fourth-order valence-corrected chi connectivity index (χ4v) is 5.05. The van der Waals surface area contributed by atoms with Gasteiger partial charge in [0.2, 0.25) is 0 Å². The first-order valence-electron chi connectivity index (χ1n) is 10.3. The van der Waals surface area contributed by atoms with E-state index in [9.17, 15) is 9.59 Å². The van der Waals surface area contributed by atoms with Crippen LogP contribution in [0.15, 0.2) is 65.6 Å². The maximum Gasteiger partial charge on any atom is 0.270 e. The summed E-state index contributed by atoms with van der Waals surface area (Å²) < 4.78 is 11.4. The molecule has 1 saturated heterocycles. The van der Waals surface area contributed by atoms with Crippen molar-refractivity contribution in [3.8, 4) is 11.5 Å². The lowest BCUT2D eigenvalue weighted by Gasteiger charge is -2.15. The Kier molecular flexibility index (Phi) is 8.43. The van der Waals surface area contributed by atoms with E-state index in [1.54, 1.807) is 66.7 Å². The number of nitrogens with one attached hydrogen (secondary N) is 1. The van der Waals surface area contributed by atoms with Crippen LogP contribution in [0.4, 0.5) is 11.4 Å². The van der Waals surface area contributed by atoms with Gasteiger partial charge in [-0.3, -0.25) is 14.5 Å². The minimum atomic E-state index is -0.352. The number of hydrogen-bond acceptors (Lipinski definition) is 6. The second-order valence-electron chi connectivity index (χ2n) is 7.37. The summed E-state index contributed by atoms with van der Waals surface area (Å²) in [7, 11) is 1.49. The summed E-state index contributed by atoms with van der Waals surface area (Å²) >= 11 is 24.6. The molecule has 0 spiro atoms. The lowest BCUT2D eigenvalue weighted by Crippen LogP contribution is -2.27. The van der Waals surface area contributed by atoms with Gasteiger partial charge in [0.15, 0.2) is 22.4 Å². The number of anilines is 2. The SMILES string of the molecule is COc1cc(/C=C2\SC(=S)N(c3ccc(Cl)c(Cl)c3)C2=O)ccc1OCC(=O)Nc1cccc(Cl)c1. The number of nitrogens with zero attached hydrogens (tertiary/aromatic N) is 1. The highest BCUT2D eigenvalue weighted by molar-refractivity contribution is 8.27. The molecule has 1 aliphatic heterocycles. The van der Waals surface area contributed by atoms with Crippen LogP contribution in [-0.4, -0.2) is 29.9 Å². The van der Waals surface area contributed by atoms with Crippen molar-refractivity contribution < 1.29 is 19.1 Å². The summed E-state index contributed by atoms with van der Waals surface area (Å²) in [5, 5.41) is 3.94. The van der Waals surface area contributed by atoms with Gasteiger partial charge in [0.1, 0.15) is 0 Å². The largest absolute Gasteiger partial charge is 0.493 e. The van der Waals surface area contributed by atoms with Crippen LogP contribution in [0.1, 0.15) is 5.56 Å². The number of methoxy groups -OCH3 is 1. The minimum Gasteiger partial charge on any atom is -0.493 e. The van der Waals surface area contributed by atoms with E-state index in [2.05, 4.69) is 5.32 Å². The fourth-order valence-electron chi connectivity index (χ4n) is 3.27. The molecule has 1 aliphatic rings. The predicted octanol–water partition coefficient (Wildman–Crippen LogP) is 7.08. The topological polar surface area (TPSA) is 67.9 Å². The Hall–Kier alpha value is -2.75. The third kappa shape index (κ3) is 6.14. The van der Waals surface area contributed by atoms with Gasteiger partial charge in [-0.2, -0.15) is 0 Å². The van der Waals surface area contributed by atoms with E-state index in [4.69, 9.17) is 56.5 Å². The van der Waals surface area contributed by atoms with Crippen molar-refractivity contribution in [1.82, 2.24) is 0 Å². The summed E-state index contributed by atoms with van der Waals surface area (Å²) in [5.74, 6) is 0.147. The molecular weight excluding hydrogens is 563 g/mol. The van der Waals surface area contributed by atoms with Gasteiger partial charge < -0.3 is 14.8 Å². The highest BCUT2D eigenvalue weighted by Gasteiger charge is 2.33. The normalized spacial score (nSPS) is 14.3. The first-order chi connectivity index (χ1) is 17.2. The minimum absolute atomic E-state index is 0.232. The molecule has 0 aromatic heterocycles. The molecule has 4 rings (SSSR count). The number of rotatable bonds is 7. The third-order valence-electron chi connectivity index (χ3n) is 4.91. The molecule has 6 nitrogen and oxygen atoms in total. The lowest BCUT2D eigenvalue weighted by molar-refractivity contribution is -0.118. The smallest absolute Gasteiger partial charge is 0.270 e. The quantitative estimate of drug-likeness (QED) is 0.238. The van der Waals surface area contributed by atoms with E-state index in [0.717, 1.165) is 0 Å². The number of ether oxygens (including phenoxy) is 2. The Bertz CT molecular complexity index is 1400. The molecular formula is C25H17Cl3N2O4S2. The number of hydrogen-bond donors (Lipinski definition) is 1. The summed E-state index contributed by atoms with van der Waals surface area (Å²) in [6.45, 7) is -0.232. The molecule has 184 valence electrons. The van der Waals surface area contributed by atoms with Gasteiger partial charge in [-0.1, -0.05) is 70.9 Å². The molecule has 1 N–H and O–H groups in total. The Morgan fingerprint density at radius 3 is 2.58 bits per heavy atom. The molecule has 11 heteroatoms. The molecule has 1 heterocycles. The number of amides is 2. The second kappa shape index (κ2) is 11.5. The molecule has 2 amide bonds. The Morgan fingerprint density at radius 1 is 1.06 bits per heavy atom. The van der Waals surface area contributed by atoms with E-state index in [-0.39, 0.29) is 18.4 Å². The van der Waals surface area contributed by atoms with Crippen molar-refractivity contribution in [2.45, 2.75) is 0 Å². The van der Waals surface area contributed by atoms with Crippen LogP contribution in [0, 0.1) is 0 Å². The molecule has 0 saturated carbocycles. The Balaban J connectivity index is 1.46. The standard InChI is InChI=1S/C25H17Cl3N2O4S2/c1-33-21-9-14(5-8-20(21)34-13-23(31)29-16-4-2-3-15(26)11-16)10-22-24(32)30(25(35)36-22)17-6-7-18(27)19(28)12-17/h2-12H,13H2,1H3,(H,29,31)/b22-10-. The number of carbonyl (C=O) groups excluding carboxylic acids is 2. The summed E-state index contributed by atoms with van der Waals surface area (Å²) in [5.41, 5.74) is 1.79. The van der Waals surface area contributed by atoms with Crippen LogP contribution >= 0.6 is 58.8 Å². The third-order valence-corrected chi connectivity index (χ3v) is 7.18. The Labute approximate surface area is 232 Å². The number of carbonyl (C=O) groups is 2. The van der Waals surface area contributed by atoms with E-state index < -0.39 is 0 Å². The van der Waals surface area contributed by atoms with Crippen LogP contribution in [0.3, 0.4) is 0 Å². The van der Waals surface area contributed by atoms with Crippen molar-refractivity contribution in [2.24, 2.45) is 0 Å². The average molecular weight is 580 g/mol. The van der Waals surface area contributed by atoms with Gasteiger partial charge in [-0.05, 0) is 60.2 Å². The van der Waals surface area contributed by atoms with Crippen molar-refractivity contribution in [2.75, 3.05) is 23.9 Å². The molecule has 0 aliphatic carbocycles. The monoisotopic (exact) mass is 578 g/mol. The first-order valence-corrected chi connectivity index (χ1v) is 12.7. The number of thioether (sulfide) groups is 1. The summed E-state index contributed by atoms with van der Waals surface area (Å²) in [6, 6.07) is 16.8. The van der Waals surface area contributed by atoms with Gasteiger partial charge in [0.25, 0.3) is 11.8 Å². The highest BCUT2D eigenvalue weighted by Crippen LogP contribution is 2.38. The van der Waals surface area contributed by atoms with E-state index in [0.29, 0.717) is 52.7 Å². The molecule has 3 aromatic rings. The van der Waals surface area contributed by atoms with Gasteiger partial charge >= 0.3 is 0 Å². The second-order valence-corrected chi connectivity index (χ2v) is 10.3. The van der Waals surface area contributed by atoms with Crippen molar-refractivity contribution in [3.05, 3.63) is 86.2 Å². The number of thiocarbonyl (C=S) groups is 1. The zero-order chi connectivity index (χ0) is 25.8. The van der Waals surface area contributed by atoms with Gasteiger partial charge in [0.05, 0.1) is 27.7 Å². The molecule has 0 atom stereocenters. The van der Waals surface area contributed by atoms with E-state index >= 15 is 0 Å². The van der Waals surface area contributed by atoms with Crippen LogP contribution in [0.5, 0.6) is 11.5 Å². The van der Waals surface area contributed by atoms with Crippen LogP contribution in [0.25, 0.3) is 6.08 Å². The zero-order valence-corrected chi connectivity index (χ0v) is 22.5. The zero-order valence-electron chi connectivity index (χ0n) is 18.6. The summed E-state index contributed by atoms with van der Waals surface area (Å²) in [4.78, 5) is 27.1. The van der Waals surface area contributed by atoms with E-state index in [1.165, 1.54) is 23.8 Å². The molecule has 36 heavy (non-hydrogen) atoms. The average Bonchev–Trinajstić information content (AvgIpc) is 3.12. The summed E-state index contributed by atoms with van der Waals surface area (Å²) in [6.07, 6.45) is 1.70. The molecule has 3 aromatic carbocycles. The lowest BCUT2D eigenvalue weighted by atomic mass is 10.2. The molecule has 1 fully saturated rings. The van der Waals surface area contributed by atoms with Crippen molar-refractivity contribution in [3.63, 3.8) is 0 Å². The van der Waals surface area contributed by atoms with Gasteiger partial charge in [-0.15, -0.1) is 0 Å². The number of benzene rings is 3. The Morgan fingerprint density at radius 2 is 1.86 bits per heavy atom. The van der Waals surface area contributed by atoms with Crippen LogP contribution < -0.4 is 19.7 Å². The van der Waals surface area contributed by atoms with Crippen molar-refractivity contribution in [1.29, 1.82) is 0 Å². The number of halogens is 3. The molecule has 0 bridgehead atoms. The fraction of sp³-hybridized carbons (Fsp3) is 0.0800. The molecule has 0 unspecified atom stereocenters. The maximum absolute atomic E-state index is 13.1. The first kappa shape index (κ1) is 26.3. The van der Waals surface area contributed by atoms with Gasteiger partial charge in [0, 0.05) is 10.7 Å². The highest BCUT2D eigenvalue weighted by atomic mass is 35.5. The van der Waals surface area contributed by atoms with Crippen LogP contribution in [-0.2, 0) is 9.59 Å². The van der Waals surface area contributed by atoms with Gasteiger partial charge in [-0.25, -0.2) is 0 Å². The predicted molar refractivity (Wildman–Crippen MR) is 151 cm³/mol. The van der Waals surface area contributed by atoms with E-state index in [1.807, 2.05) is 0 Å². The molecule has 0 radical (unpaired) electrons. The maximum atomic E-state index is 13.1. The van der Waals surface area contributed by atoms with Crippen molar-refractivity contribution >= 4 is 92.4 Å².